The predicted molar refractivity (Wildman–Crippen MR) is 136 cm³/mol. The Morgan fingerprint density at radius 3 is 2.50 bits per heavy atom. The summed E-state index contributed by atoms with van der Waals surface area (Å²) >= 11 is 6.27. The zero-order chi connectivity index (χ0) is 24.2. The lowest BCUT2D eigenvalue weighted by Gasteiger charge is -2.18. The van der Waals surface area contributed by atoms with Gasteiger partial charge in [-0.1, -0.05) is 48.0 Å². The molecule has 0 spiro atoms. The second-order valence-electron chi connectivity index (χ2n) is 8.14. The van der Waals surface area contributed by atoms with E-state index in [1.165, 1.54) is 4.57 Å². The first-order valence-electron chi connectivity index (χ1n) is 10.9. The standard InChI is InChI=1S/C27H25ClN2O4/c1-17(2)34-21-11-7-10-20(15-21)29-27(32)33-16-24-25(18-8-5-4-6-9-18)23-14-19(28)12-13-22(23)26(31)30(24)3/h4-15,17H,16H2,1-3H3,(H,29,32). The van der Waals surface area contributed by atoms with Gasteiger partial charge >= 0.3 is 6.09 Å². The second-order valence-corrected chi connectivity index (χ2v) is 8.57. The van der Waals surface area contributed by atoms with E-state index in [0.29, 0.717) is 32.9 Å². The van der Waals surface area contributed by atoms with Gasteiger partial charge < -0.3 is 14.0 Å². The molecule has 4 rings (SSSR count). The Morgan fingerprint density at radius 1 is 1.00 bits per heavy atom. The molecule has 0 fully saturated rings. The molecule has 34 heavy (non-hydrogen) atoms. The fraction of sp³-hybridized carbons (Fsp3) is 0.185. The van der Waals surface area contributed by atoms with Crippen molar-refractivity contribution >= 4 is 34.2 Å². The molecule has 1 N–H and O–H groups in total. The molecule has 3 aromatic carbocycles. The topological polar surface area (TPSA) is 69.6 Å². The minimum absolute atomic E-state index is 0.0151. The molecule has 0 aliphatic heterocycles. The van der Waals surface area contributed by atoms with Crippen molar-refractivity contribution in [3.05, 3.63) is 93.9 Å². The molecule has 7 heteroatoms. The number of hydrogen-bond donors (Lipinski definition) is 1. The Kier molecular flexibility index (Phi) is 6.89. The number of carbonyl (C=O) groups is 1. The van der Waals surface area contributed by atoms with Crippen molar-refractivity contribution in [1.82, 2.24) is 4.57 Å². The monoisotopic (exact) mass is 476 g/mol. The third kappa shape index (κ3) is 5.07. The molecule has 0 aliphatic carbocycles. The van der Waals surface area contributed by atoms with Gasteiger partial charge in [0.15, 0.2) is 0 Å². The van der Waals surface area contributed by atoms with Crippen LogP contribution in [-0.4, -0.2) is 16.8 Å². The van der Waals surface area contributed by atoms with Crippen LogP contribution in [0.4, 0.5) is 10.5 Å². The Hall–Kier alpha value is -3.77. The number of halogens is 1. The number of amides is 1. The van der Waals surface area contributed by atoms with Gasteiger partial charge in [0.1, 0.15) is 12.4 Å². The molecule has 6 nitrogen and oxygen atoms in total. The molecule has 0 atom stereocenters. The van der Waals surface area contributed by atoms with E-state index in [1.807, 2.05) is 50.2 Å². The summed E-state index contributed by atoms with van der Waals surface area (Å²) in [5.74, 6) is 0.646. The van der Waals surface area contributed by atoms with E-state index in [1.54, 1.807) is 43.4 Å². The summed E-state index contributed by atoms with van der Waals surface area (Å²) in [4.78, 5) is 25.7. The highest BCUT2D eigenvalue weighted by atomic mass is 35.5. The van der Waals surface area contributed by atoms with E-state index < -0.39 is 6.09 Å². The van der Waals surface area contributed by atoms with Gasteiger partial charge in [-0.25, -0.2) is 4.79 Å². The summed E-state index contributed by atoms with van der Waals surface area (Å²) in [5.41, 5.74) is 2.61. The van der Waals surface area contributed by atoms with Gasteiger partial charge in [-0.2, -0.15) is 0 Å². The maximum Gasteiger partial charge on any atom is 0.412 e. The number of aromatic nitrogens is 1. The van der Waals surface area contributed by atoms with Crippen molar-refractivity contribution in [3.63, 3.8) is 0 Å². The molecule has 0 saturated heterocycles. The number of carbonyl (C=O) groups excluding carboxylic acids is 1. The summed E-state index contributed by atoms with van der Waals surface area (Å²) in [6.45, 7) is 3.76. The van der Waals surface area contributed by atoms with E-state index in [2.05, 4.69) is 5.32 Å². The first kappa shape index (κ1) is 23.4. The number of fused-ring (bicyclic) bond motifs is 1. The Bertz CT molecular complexity index is 1400. The number of benzene rings is 3. The SMILES string of the molecule is CC(C)Oc1cccc(NC(=O)OCc2c(-c3ccccc3)c3cc(Cl)ccc3c(=O)n2C)c1. The average Bonchev–Trinajstić information content (AvgIpc) is 2.80. The molecule has 1 amide bonds. The number of ether oxygens (including phenoxy) is 2. The summed E-state index contributed by atoms with van der Waals surface area (Å²) in [7, 11) is 1.67. The number of rotatable bonds is 6. The van der Waals surface area contributed by atoms with Crippen molar-refractivity contribution in [2.75, 3.05) is 5.32 Å². The fourth-order valence-electron chi connectivity index (χ4n) is 3.84. The van der Waals surface area contributed by atoms with Crippen LogP contribution in [0, 0.1) is 0 Å². The smallest absolute Gasteiger partial charge is 0.412 e. The third-order valence-corrected chi connectivity index (χ3v) is 5.57. The Morgan fingerprint density at radius 2 is 1.76 bits per heavy atom. The van der Waals surface area contributed by atoms with Crippen LogP contribution >= 0.6 is 11.6 Å². The number of pyridine rings is 1. The van der Waals surface area contributed by atoms with E-state index in [4.69, 9.17) is 21.1 Å². The van der Waals surface area contributed by atoms with Crippen LogP contribution in [0.2, 0.25) is 5.02 Å². The van der Waals surface area contributed by atoms with Gasteiger partial charge in [0, 0.05) is 34.8 Å². The van der Waals surface area contributed by atoms with Crippen LogP contribution in [0.1, 0.15) is 19.5 Å². The maximum atomic E-state index is 13.1. The summed E-state index contributed by atoms with van der Waals surface area (Å²) in [5, 5.41) is 4.49. The summed E-state index contributed by atoms with van der Waals surface area (Å²) in [6.07, 6.45) is -0.624. The lowest BCUT2D eigenvalue weighted by atomic mass is 9.97. The molecule has 1 aromatic heterocycles. The zero-order valence-electron chi connectivity index (χ0n) is 19.2. The molecule has 4 aromatic rings. The normalized spacial score (nSPS) is 11.0. The molecule has 0 unspecified atom stereocenters. The van der Waals surface area contributed by atoms with E-state index in [0.717, 1.165) is 11.1 Å². The van der Waals surface area contributed by atoms with Crippen LogP contribution in [0.25, 0.3) is 21.9 Å². The minimum Gasteiger partial charge on any atom is -0.491 e. The van der Waals surface area contributed by atoms with Gasteiger partial charge in [0.25, 0.3) is 5.56 Å². The van der Waals surface area contributed by atoms with E-state index in [9.17, 15) is 9.59 Å². The number of nitrogens with zero attached hydrogens (tertiary/aromatic N) is 1. The first-order chi connectivity index (χ1) is 16.3. The molecule has 1 heterocycles. The quantitative estimate of drug-likeness (QED) is 0.350. The zero-order valence-corrected chi connectivity index (χ0v) is 19.9. The highest BCUT2D eigenvalue weighted by Gasteiger charge is 2.18. The van der Waals surface area contributed by atoms with Crippen molar-refractivity contribution in [3.8, 4) is 16.9 Å². The molecule has 0 aliphatic rings. The lowest BCUT2D eigenvalue weighted by Crippen LogP contribution is -2.24. The van der Waals surface area contributed by atoms with Gasteiger partial charge in [0.05, 0.1) is 11.8 Å². The summed E-state index contributed by atoms with van der Waals surface area (Å²) in [6, 6.07) is 21.9. The summed E-state index contributed by atoms with van der Waals surface area (Å²) < 4.78 is 12.7. The highest BCUT2D eigenvalue weighted by molar-refractivity contribution is 6.31. The lowest BCUT2D eigenvalue weighted by molar-refractivity contribution is 0.152. The number of anilines is 1. The van der Waals surface area contributed by atoms with Crippen LogP contribution in [-0.2, 0) is 18.4 Å². The fourth-order valence-corrected chi connectivity index (χ4v) is 4.01. The maximum absolute atomic E-state index is 13.1. The van der Waals surface area contributed by atoms with Crippen molar-refractivity contribution in [2.24, 2.45) is 7.05 Å². The van der Waals surface area contributed by atoms with Crippen molar-refractivity contribution < 1.29 is 14.3 Å². The van der Waals surface area contributed by atoms with Crippen LogP contribution in [0.15, 0.2) is 77.6 Å². The average molecular weight is 477 g/mol. The number of nitrogens with one attached hydrogen (secondary N) is 1. The Labute approximate surface area is 202 Å². The van der Waals surface area contributed by atoms with Crippen LogP contribution < -0.4 is 15.6 Å². The highest BCUT2D eigenvalue weighted by Crippen LogP contribution is 2.32. The molecule has 174 valence electrons. The van der Waals surface area contributed by atoms with Crippen molar-refractivity contribution in [1.29, 1.82) is 0 Å². The molecule has 0 radical (unpaired) electrons. The van der Waals surface area contributed by atoms with Crippen LogP contribution in [0.3, 0.4) is 0 Å². The molecular formula is C27H25ClN2O4. The predicted octanol–water partition coefficient (Wildman–Crippen LogP) is 6.39. The van der Waals surface area contributed by atoms with Gasteiger partial charge in [-0.3, -0.25) is 10.1 Å². The third-order valence-electron chi connectivity index (χ3n) is 5.33. The molecule has 0 bridgehead atoms. The molecular weight excluding hydrogens is 452 g/mol. The van der Waals surface area contributed by atoms with Gasteiger partial charge in [0.2, 0.25) is 0 Å². The van der Waals surface area contributed by atoms with E-state index in [-0.39, 0.29) is 18.3 Å². The van der Waals surface area contributed by atoms with Gasteiger partial charge in [-0.05, 0) is 55.1 Å². The molecule has 0 saturated carbocycles. The van der Waals surface area contributed by atoms with Gasteiger partial charge in [-0.15, -0.1) is 0 Å². The number of hydrogen-bond acceptors (Lipinski definition) is 4. The largest absolute Gasteiger partial charge is 0.491 e. The van der Waals surface area contributed by atoms with Crippen molar-refractivity contribution in [2.45, 2.75) is 26.6 Å². The second kappa shape index (κ2) is 10.0. The Balaban J connectivity index is 1.66. The first-order valence-corrected chi connectivity index (χ1v) is 11.3. The minimum atomic E-state index is -0.639. The van der Waals surface area contributed by atoms with Crippen LogP contribution in [0.5, 0.6) is 5.75 Å². The van der Waals surface area contributed by atoms with E-state index >= 15 is 0 Å².